The van der Waals surface area contributed by atoms with E-state index in [0.717, 1.165) is 12.0 Å². The molecule has 0 N–H and O–H groups in total. The lowest BCUT2D eigenvalue weighted by molar-refractivity contribution is -0.133. The SMILES string of the molecule is CC/C=C(/C)CCC(F)(F)F. The summed E-state index contributed by atoms with van der Waals surface area (Å²) in [6, 6.07) is 0. The second-order valence-electron chi connectivity index (χ2n) is 2.57. The lowest BCUT2D eigenvalue weighted by Gasteiger charge is -2.05. The van der Waals surface area contributed by atoms with Gasteiger partial charge in [-0.05, 0) is 19.8 Å². The maximum absolute atomic E-state index is 11.6. The quantitative estimate of drug-likeness (QED) is 0.561. The minimum atomic E-state index is -4.01. The van der Waals surface area contributed by atoms with Crippen LogP contribution in [0.1, 0.15) is 33.1 Å². The molecule has 0 unspecified atom stereocenters. The van der Waals surface area contributed by atoms with Crippen LogP contribution in [-0.2, 0) is 0 Å². The van der Waals surface area contributed by atoms with Crippen LogP contribution in [0, 0.1) is 0 Å². The van der Waals surface area contributed by atoms with E-state index in [9.17, 15) is 13.2 Å². The smallest absolute Gasteiger partial charge is 0.171 e. The minimum Gasteiger partial charge on any atom is -0.171 e. The Hall–Kier alpha value is -0.470. The summed E-state index contributed by atoms with van der Waals surface area (Å²) in [5.41, 5.74) is 0.824. The van der Waals surface area contributed by atoms with Crippen LogP contribution in [0.3, 0.4) is 0 Å². The third-order valence-corrected chi connectivity index (χ3v) is 1.36. The van der Waals surface area contributed by atoms with Gasteiger partial charge in [-0.1, -0.05) is 18.6 Å². The average Bonchev–Trinajstić information content (AvgIpc) is 1.83. The molecule has 0 heterocycles. The molecule has 0 aromatic carbocycles. The molecule has 0 rings (SSSR count). The molecule has 0 atom stereocenters. The molecule has 66 valence electrons. The van der Waals surface area contributed by atoms with Gasteiger partial charge in [0.05, 0.1) is 0 Å². The van der Waals surface area contributed by atoms with E-state index in [1.165, 1.54) is 0 Å². The van der Waals surface area contributed by atoms with Crippen molar-refractivity contribution in [2.75, 3.05) is 0 Å². The third kappa shape index (κ3) is 7.43. The van der Waals surface area contributed by atoms with Crippen molar-refractivity contribution in [1.29, 1.82) is 0 Å². The van der Waals surface area contributed by atoms with Crippen molar-refractivity contribution in [3.05, 3.63) is 11.6 Å². The number of rotatable bonds is 3. The maximum atomic E-state index is 11.6. The molecule has 0 aliphatic rings. The average molecular weight is 166 g/mol. The summed E-state index contributed by atoms with van der Waals surface area (Å²) >= 11 is 0. The number of alkyl halides is 3. The summed E-state index contributed by atoms with van der Waals surface area (Å²) in [6.07, 6.45) is -1.94. The van der Waals surface area contributed by atoms with Crippen molar-refractivity contribution < 1.29 is 13.2 Å². The molecule has 0 amide bonds. The first-order chi connectivity index (χ1) is 4.95. The zero-order valence-corrected chi connectivity index (χ0v) is 6.83. The first kappa shape index (κ1) is 10.5. The molecule has 0 aliphatic carbocycles. The molecule has 0 bridgehead atoms. The molecule has 3 heteroatoms. The lowest BCUT2D eigenvalue weighted by atomic mass is 10.1. The molecule has 0 spiro atoms. The Balaban J connectivity index is 3.62. The van der Waals surface area contributed by atoms with Crippen LogP contribution < -0.4 is 0 Å². The number of allylic oxidation sites excluding steroid dienone is 2. The van der Waals surface area contributed by atoms with E-state index in [1.807, 2.05) is 13.0 Å². The van der Waals surface area contributed by atoms with Crippen LogP contribution in [0.4, 0.5) is 13.2 Å². The Bertz CT molecular complexity index is 133. The normalized spacial score (nSPS) is 13.7. The molecule has 0 saturated heterocycles. The molecular weight excluding hydrogens is 153 g/mol. The summed E-state index contributed by atoms with van der Waals surface area (Å²) in [5.74, 6) is 0. The van der Waals surface area contributed by atoms with Gasteiger partial charge < -0.3 is 0 Å². The highest BCUT2D eigenvalue weighted by atomic mass is 19.4. The topological polar surface area (TPSA) is 0 Å². The van der Waals surface area contributed by atoms with E-state index in [-0.39, 0.29) is 6.42 Å². The predicted octanol–water partition coefficient (Wildman–Crippen LogP) is 3.69. The van der Waals surface area contributed by atoms with Crippen molar-refractivity contribution in [3.8, 4) is 0 Å². The molecule has 0 saturated carbocycles. The molecule has 0 radical (unpaired) electrons. The Morgan fingerprint density at radius 1 is 1.36 bits per heavy atom. The summed E-state index contributed by atoms with van der Waals surface area (Å²) in [5, 5.41) is 0. The highest BCUT2D eigenvalue weighted by molar-refractivity contribution is 4.97. The van der Waals surface area contributed by atoms with Crippen LogP contribution in [0.2, 0.25) is 0 Å². The Morgan fingerprint density at radius 3 is 2.27 bits per heavy atom. The van der Waals surface area contributed by atoms with Gasteiger partial charge in [-0.3, -0.25) is 0 Å². The Morgan fingerprint density at radius 2 is 1.91 bits per heavy atom. The predicted molar refractivity (Wildman–Crippen MR) is 39.3 cm³/mol. The fourth-order valence-electron chi connectivity index (χ4n) is 0.789. The molecule has 0 nitrogen and oxygen atoms in total. The van der Waals surface area contributed by atoms with Gasteiger partial charge in [0, 0.05) is 6.42 Å². The van der Waals surface area contributed by atoms with E-state index in [2.05, 4.69) is 0 Å². The van der Waals surface area contributed by atoms with Crippen molar-refractivity contribution >= 4 is 0 Å². The van der Waals surface area contributed by atoms with Gasteiger partial charge in [0.25, 0.3) is 0 Å². The van der Waals surface area contributed by atoms with Crippen molar-refractivity contribution in [3.63, 3.8) is 0 Å². The van der Waals surface area contributed by atoms with E-state index in [4.69, 9.17) is 0 Å². The zero-order valence-electron chi connectivity index (χ0n) is 6.83. The molecule has 11 heavy (non-hydrogen) atoms. The van der Waals surface area contributed by atoms with E-state index < -0.39 is 12.6 Å². The van der Waals surface area contributed by atoms with Gasteiger partial charge in [0.1, 0.15) is 0 Å². The van der Waals surface area contributed by atoms with Crippen LogP contribution in [0.25, 0.3) is 0 Å². The van der Waals surface area contributed by atoms with Gasteiger partial charge >= 0.3 is 6.18 Å². The van der Waals surface area contributed by atoms with Gasteiger partial charge in [0.15, 0.2) is 0 Å². The van der Waals surface area contributed by atoms with Crippen LogP contribution in [0.5, 0.6) is 0 Å². The highest BCUT2D eigenvalue weighted by Crippen LogP contribution is 2.23. The second-order valence-corrected chi connectivity index (χ2v) is 2.57. The van der Waals surface area contributed by atoms with Crippen molar-refractivity contribution in [2.24, 2.45) is 0 Å². The summed E-state index contributed by atoms with van der Waals surface area (Å²) < 4.78 is 34.9. The third-order valence-electron chi connectivity index (χ3n) is 1.36. The number of halogens is 3. The van der Waals surface area contributed by atoms with Crippen LogP contribution >= 0.6 is 0 Å². The highest BCUT2D eigenvalue weighted by Gasteiger charge is 2.26. The van der Waals surface area contributed by atoms with E-state index in [1.54, 1.807) is 6.92 Å². The number of hydrogen-bond donors (Lipinski definition) is 0. The van der Waals surface area contributed by atoms with Gasteiger partial charge in [-0.25, -0.2) is 0 Å². The van der Waals surface area contributed by atoms with E-state index in [0.29, 0.717) is 0 Å². The fourth-order valence-corrected chi connectivity index (χ4v) is 0.789. The summed E-state index contributed by atoms with van der Waals surface area (Å²) in [6.45, 7) is 3.65. The van der Waals surface area contributed by atoms with Crippen LogP contribution in [0.15, 0.2) is 11.6 Å². The van der Waals surface area contributed by atoms with E-state index >= 15 is 0 Å². The second kappa shape index (κ2) is 4.42. The monoisotopic (exact) mass is 166 g/mol. The first-order valence-corrected chi connectivity index (χ1v) is 3.68. The lowest BCUT2D eigenvalue weighted by Crippen LogP contribution is -2.06. The number of hydrogen-bond acceptors (Lipinski definition) is 0. The van der Waals surface area contributed by atoms with Gasteiger partial charge in [-0.2, -0.15) is 13.2 Å². The first-order valence-electron chi connectivity index (χ1n) is 3.68. The minimum absolute atomic E-state index is 0.136. The largest absolute Gasteiger partial charge is 0.389 e. The van der Waals surface area contributed by atoms with Gasteiger partial charge in [0.2, 0.25) is 0 Å². The summed E-state index contributed by atoms with van der Waals surface area (Å²) in [4.78, 5) is 0. The van der Waals surface area contributed by atoms with Crippen molar-refractivity contribution in [1.82, 2.24) is 0 Å². The van der Waals surface area contributed by atoms with Crippen molar-refractivity contribution in [2.45, 2.75) is 39.3 Å². The molecular formula is C8H13F3. The summed E-state index contributed by atoms with van der Waals surface area (Å²) in [7, 11) is 0. The molecule has 0 fully saturated rings. The Kier molecular flexibility index (Phi) is 4.23. The molecule has 0 aromatic rings. The Labute approximate surface area is 65.1 Å². The fraction of sp³-hybridized carbons (Fsp3) is 0.750. The zero-order chi connectivity index (χ0) is 8.91. The van der Waals surface area contributed by atoms with Gasteiger partial charge in [-0.15, -0.1) is 0 Å². The molecule has 0 aromatic heterocycles. The molecule has 0 aliphatic heterocycles. The standard InChI is InChI=1S/C8H13F3/c1-3-4-7(2)5-6-8(9,10)11/h4H,3,5-6H2,1-2H3/b7-4-. The maximum Gasteiger partial charge on any atom is 0.389 e. The van der Waals surface area contributed by atoms with Crippen LogP contribution in [-0.4, -0.2) is 6.18 Å².